The molecule has 0 saturated carbocycles. The minimum atomic E-state index is -3.64. The van der Waals surface area contributed by atoms with Crippen LogP contribution in [-0.4, -0.2) is 42.8 Å². The summed E-state index contributed by atoms with van der Waals surface area (Å²) < 4.78 is 45.5. The fourth-order valence-electron chi connectivity index (χ4n) is 3.12. The maximum atomic E-state index is 14.5. The molecule has 0 fully saturated rings. The maximum absolute atomic E-state index is 14.5. The van der Waals surface area contributed by atoms with Crippen LogP contribution in [0.4, 0.5) is 10.1 Å². The van der Waals surface area contributed by atoms with E-state index in [9.17, 15) is 17.6 Å². The molecule has 1 aliphatic rings. The SMILES string of the molecule is CN1C=NC(C)(c2cc(NC(=O)c3nc4ccc(Cl)cc4o3)ccc2F)CS1(=O)=O. The van der Waals surface area contributed by atoms with Gasteiger partial charge in [-0.05, 0) is 37.3 Å². The minimum Gasteiger partial charge on any atom is -0.432 e. The molecule has 0 radical (unpaired) electrons. The van der Waals surface area contributed by atoms with Gasteiger partial charge in [0.15, 0.2) is 5.58 Å². The summed E-state index contributed by atoms with van der Waals surface area (Å²) in [4.78, 5) is 20.9. The Morgan fingerprint density at radius 2 is 2.07 bits per heavy atom. The second kappa shape index (κ2) is 7.06. The molecule has 0 bridgehead atoms. The highest BCUT2D eigenvalue weighted by Crippen LogP contribution is 2.34. The van der Waals surface area contributed by atoms with Crippen molar-refractivity contribution in [3.63, 3.8) is 0 Å². The van der Waals surface area contributed by atoms with Gasteiger partial charge in [0.2, 0.25) is 10.0 Å². The number of rotatable bonds is 3. The molecule has 11 heteroatoms. The van der Waals surface area contributed by atoms with Crippen molar-refractivity contribution in [3.8, 4) is 0 Å². The van der Waals surface area contributed by atoms with E-state index in [4.69, 9.17) is 16.0 Å². The summed E-state index contributed by atoms with van der Waals surface area (Å²) in [6.45, 7) is 1.52. The molecule has 1 aliphatic heterocycles. The predicted octanol–water partition coefficient (Wildman–Crippen LogP) is 3.39. The van der Waals surface area contributed by atoms with Gasteiger partial charge in [0, 0.05) is 29.4 Å². The van der Waals surface area contributed by atoms with Crippen LogP contribution in [0.3, 0.4) is 0 Å². The summed E-state index contributed by atoms with van der Waals surface area (Å²) >= 11 is 5.90. The lowest BCUT2D eigenvalue weighted by Gasteiger charge is -2.32. The molecular weight excluding hydrogens is 435 g/mol. The van der Waals surface area contributed by atoms with Crippen LogP contribution < -0.4 is 5.32 Å². The number of carbonyl (C=O) groups is 1. The average molecular weight is 451 g/mol. The van der Waals surface area contributed by atoms with Crippen LogP contribution in [-0.2, 0) is 15.6 Å². The number of hydrogen-bond donors (Lipinski definition) is 1. The highest BCUT2D eigenvalue weighted by atomic mass is 35.5. The molecule has 30 heavy (non-hydrogen) atoms. The van der Waals surface area contributed by atoms with Gasteiger partial charge < -0.3 is 9.73 Å². The van der Waals surface area contributed by atoms with Crippen LogP contribution in [0.15, 0.2) is 45.8 Å². The summed E-state index contributed by atoms with van der Waals surface area (Å²) in [6, 6.07) is 8.63. The first-order chi connectivity index (χ1) is 14.1. The Morgan fingerprint density at radius 3 is 2.80 bits per heavy atom. The zero-order chi connectivity index (χ0) is 21.7. The third-order valence-electron chi connectivity index (χ3n) is 4.76. The molecule has 2 heterocycles. The normalized spacial score (nSPS) is 20.5. The second-order valence-corrected chi connectivity index (χ2v) is 9.54. The molecule has 1 aromatic heterocycles. The number of nitrogens with zero attached hydrogens (tertiary/aromatic N) is 3. The van der Waals surface area contributed by atoms with Crippen molar-refractivity contribution in [2.24, 2.45) is 4.99 Å². The number of fused-ring (bicyclic) bond motifs is 1. The zero-order valence-corrected chi connectivity index (χ0v) is 17.5. The molecule has 1 amide bonds. The van der Waals surface area contributed by atoms with E-state index in [-0.39, 0.29) is 17.1 Å². The first-order valence-electron chi connectivity index (χ1n) is 8.76. The predicted molar refractivity (Wildman–Crippen MR) is 111 cm³/mol. The molecule has 0 aliphatic carbocycles. The van der Waals surface area contributed by atoms with Crippen LogP contribution in [0, 0.1) is 5.82 Å². The van der Waals surface area contributed by atoms with Gasteiger partial charge in [0.25, 0.3) is 5.89 Å². The Balaban J connectivity index is 1.64. The monoisotopic (exact) mass is 450 g/mol. The summed E-state index contributed by atoms with van der Waals surface area (Å²) in [7, 11) is -2.28. The van der Waals surface area contributed by atoms with E-state index in [0.29, 0.717) is 16.1 Å². The van der Waals surface area contributed by atoms with Crippen LogP contribution in [0.25, 0.3) is 11.1 Å². The number of hydrogen-bond acceptors (Lipinski definition) is 6. The first-order valence-corrected chi connectivity index (χ1v) is 10.7. The Hall–Kier alpha value is -2.98. The van der Waals surface area contributed by atoms with Crippen molar-refractivity contribution in [1.29, 1.82) is 0 Å². The molecule has 0 saturated heterocycles. The third kappa shape index (κ3) is 3.63. The molecule has 8 nitrogen and oxygen atoms in total. The van der Waals surface area contributed by atoms with Crippen molar-refractivity contribution >= 4 is 50.7 Å². The zero-order valence-electron chi connectivity index (χ0n) is 15.9. The van der Waals surface area contributed by atoms with E-state index < -0.39 is 33.0 Å². The number of aliphatic imine (C=N–C) groups is 1. The summed E-state index contributed by atoms with van der Waals surface area (Å²) in [5.74, 6) is -1.88. The van der Waals surface area contributed by atoms with Crippen molar-refractivity contribution in [3.05, 3.63) is 58.7 Å². The van der Waals surface area contributed by atoms with E-state index in [1.807, 2.05) is 0 Å². The van der Waals surface area contributed by atoms with Gasteiger partial charge in [-0.2, -0.15) is 0 Å². The molecule has 1 unspecified atom stereocenters. The van der Waals surface area contributed by atoms with Crippen LogP contribution in [0.5, 0.6) is 0 Å². The van der Waals surface area contributed by atoms with Gasteiger partial charge >= 0.3 is 5.91 Å². The van der Waals surface area contributed by atoms with Crippen molar-refractivity contribution in [2.45, 2.75) is 12.5 Å². The lowest BCUT2D eigenvalue weighted by molar-refractivity contribution is 0.0992. The van der Waals surface area contributed by atoms with Gasteiger partial charge in [-0.1, -0.05) is 11.6 Å². The third-order valence-corrected chi connectivity index (χ3v) is 6.89. The quantitative estimate of drug-likeness (QED) is 0.658. The number of carbonyl (C=O) groups excluding carboxylic acids is 1. The van der Waals surface area contributed by atoms with Gasteiger partial charge in [-0.3, -0.25) is 14.1 Å². The molecule has 1 atom stereocenters. The van der Waals surface area contributed by atoms with E-state index in [2.05, 4.69) is 15.3 Å². The van der Waals surface area contributed by atoms with E-state index in [0.717, 1.165) is 16.7 Å². The molecule has 0 spiro atoms. The first kappa shape index (κ1) is 20.3. The van der Waals surface area contributed by atoms with Crippen LogP contribution in [0.2, 0.25) is 5.02 Å². The largest absolute Gasteiger partial charge is 0.432 e. The van der Waals surface area contributed by atoms with Crippen LogP contribution >= 0.6 is 11.6 Å². The Kier molecular flexibility index (Phi) is 4.78. The number of halogens is 2. The number of nitrogens with one attached hydrogen (secondary N) is 1. The van der Waals surface area contributed by atoms with Crippen molar-refractivity contribution < 1.29 is 22.0 Å². The van der Waals surface area contributed by atoms with Gasteiger partial charge in [-0.25, -0.2) is 17.8 Å². The lowest BCUT2D eigenvalue weighted by atomic mass is 9.93. The van der Waals surface area contributed by atoms with Gasteiger partial charge in [0.05, 0.1) is 12.1 Å². The Morgan fingerprint density at radius 1 is 1.30 bits per heavy atom. The van der Waals surface area contributed by atoms with E-state index in [1.54, 1.807) is 12.1 Å². The number of oxazole rings is 1. The highest BCUT2D eigenvalue weighted by molar-refractivity contribution is 7.89. The number of anilines is 1. The summed E-state index contributed by atoms with van der Waals surface area (Å²) in [5, 5.41) is 3.02. The minimum absolute atomic E-state index is 0.0394. The smallest absolute Gasteiger partial charge is 0.311 e. The van der Waals surface area contributed by atoms with Gasteiger partial charge in [0.1, 0.15) is 16.9 Å². The van der Waals surface area contributed by atoms with Crippen LogP contribution in [0.1, 0.15) is 23.2 Å². The number of sulfonamides is 1. The average Bonchev–Trinajstić information content (AvgIpc) is 3.09. The second-order valence-electron chi connectivity index (χ2n) is 7.07. The molecule has 2 aromatic carbocycles. The van der Waals surface area contributed by atoms with Crippen molar-refractivity contribution in [1.82, 2.24) is 9.29 Å². The Labute approximate surface area is 176 Å². The van der Waals surface area contributed by atoms with E-state index >= 15 is 0 Å². The fourth-order valence-corrected chi connectivity index (χ4v) is 4.61. The number of amides is 1. The summed E-state index contributed by atoms with van der Waals surface area (Å²) in [5.41, 5.74) is -0.250. The van der Waals surface area contributed by atoms with Gasteiger partial charge in [-0.15, -0.1) is 0 Å². The summed E-state index contributed by atoms with van der Waals surface area (Å²) in [6.07, 6.45) is 1.15. The number of benzene rings is 2. The standard InChI is InChI=1S/C19H16ClFN4O4S/c1-19(9-30(27,28)25(2)10-22-19)13-8-12(4-5-14(13)21)23-17(26)18-24-15-6-3-11(20)7-16(15)29-18/h3-8,10H,9H2,1-2H3,(H,23,26). The van der Waals surface area contributed by atoms with E-state index in [1.165, 1.54) is 32.2 Å². The maximum Gasteiger partial charge on any atom is 0.311 e. The number of aromatic nitrogens is 1. The Bertz CT molecular complexity index is 1310. The molecule has 1 N–H and O–H groups in total. The molecular formula is C19H16ClFN4O4S. The molecule has 3 aromatic rings. The lowest BCUT2D eigenvalue weighted by Crippen LogP contribution is -2.43. The molecule has 156 valence electrons. The van der Waals surface area contributed by atoms with Crippen molar-refractivity contribution in [2.75, 3.05) is 18.1 Å². The highest BCUT2D eigenvalue weighted by Gasteiger charge is 2.39. The fraction of sp³-hybridized carbons (Fsp3) is 0.211. The topological polar surface area (TPSA) is 105 Å². The molecule has 4 rings (SSSR count).